The van der Waals surface area contributed by atoms with E-state index in [9.17, 15) is 0 Å². The monoisotopic (exact) mass is 194 g/mol. The molecule has 2 aromatic rings. The molecule has 0 spiro atoms. The second kappa shape index (κ2) is 3.18. The molecule has 1 aromatic heterocycles. The first-order valence-corrected chi connectivity index (χ1v) is 4.18. The van der Waals surface area contributed by atoms with E-state index in [1.165, 1.54) is 6.39 Å². The summed E-state index contributed by atoms with van der Waals surface area (Å²) in [5.74, 6) is 0.453. The van der Waals surface area contributed by atoms with Crippen LogP contribution in [0.5, 0.6) is 0 Å². The number of rotatable bonds is 1. The fraction of sp³-hybridized carbons (Fsp3) is 0.111. The van der Waals surface area contributed by atoms with Crippen LogP contribution in [0.3, 0.4) is 0 Å². The largest absolute Gasteiger partial charge is 0.423 e. The number of halogens is 1. The van der Waals surface area contributed by atoms with Crippen molar-refractivity contribution in [3.8, 4) is 11.5 Å². The van der Waals surface area contributed by atoms with Crippen LogP contribution in [-0.2, 0) is 0 Å². The van der Waals surface area contributed by atoms with Gasteiger partial charge in [0.1, 0.15) is 0 Å². The van der Waals surface area contributed by atoms with Crippen molar-refractivity contribution in [2.45, 2.75) is 6.92 Å². The van der Waals surface area contributed by atoms with Gasteiger partial charge in [-0.1, -0.05) is 23.2 Å². The lowest BCUT2D eigenvalue weighted by molar-refractivity contribution is 0.568. The molecule has 2 rings (SSSR count). The molecule has 0 atom stereocenters. The zero-order valence-corrected chi connectivity index (χ0v) is 7.75. The zero-order valence-electron chi connectivity index (χ0n) is 6.99. The van der Waals surface area contributed by atoms with E-state index in [4.69, 9.17) is 16.0 Å². The predicted molar refractivity (Wildman–Crippen MR) is 49.5 cm³/mol. The molecule has 0 saturated carbocycles. The molecule has 0 aliphatic rings. The van der Waals surface area contributed by atoms with Crippen LogP contribution in [0.2, 0.25) is 5.02 Å². The Labute approximate surface area is 80.4 Å². The molecule has 0 amide bonds. The molecule has 1 heterocycles. The lowest BCUT2D eigenvalue weighted by atomic mass is 10.1. The second-order valence-corrected chi connectivity index (χ2v) is 3.13. The lowest BCUT2D eigenvalue weighted by Crippen LogP contribution is -1.81. The van der Waals surface area contributed by atoms with Crippen molar-refractivity contribution in [3.05, 3.63) is 35.2 Å². The molecular weight excluding hydrogens is 188 g/mol. The molecule has 0 aliphatic carbocycles. The van der Waals surface area contributed by atoms with Gasteiger partial charge in [0.25, 0.3) is 0 Å². The number of aromatic nitrogens is 2. The summed E-state index contributed by atoms with van der Waals surface area (Å²) in [5.41, 5.74) is 1.89. The topological polar surface area (TPSA) is 38.9 Å². The highest BCUT2D eigenvalue weighted by molar-refractivity contribution is 6.33. The SMILES string of the molecule is Cc1ccc(Cl)c(-c2nnco2)c1. The standard InChI is InChI=1S/C9H7ClN2O/c1-6-2-3-8(10)7(4-6)9-12-11-5-13-9/h2-5H,1H3. The quantitative estimate of drug-likeness (QED) is 0.701. The molecule has 13 heavy (non-hydrogen) atoms. The molecule has 0 N–H and O–H groups in total. The molecule has 0 fully saturated rings. The average molecular weight is 195 g/mol. The van der Waals surface area contributed by atoms with Gasteiger partial charge in [0.2, 0.25) is 12.3 Å². The molecule has 4 heteroatoms. The van der Waals surface area contributed by atoms with Gasteiger partial charge in [-0.15, -0.1) is 10.2 Å². The van der Waals surface area contributed by atoms with Crippen LogP contribution >= 0.6 is 11.6 Å². The van der Waals surface area contributed by atoms with Gasteiger partial charge in [0.15, 0.2) is 0 Å². The van der Waals surface area contributed by atoms with E-state index >= 15 is 0 Å². The summed E-state index contributed by atoms with van der Waals surface area (Å²) in [6, 6.07) is 5.66. The Morgan fingerprint density at radius 1 is 1.38 bits per heavy atom. The van der Waals surface area contributed by atoms with Gasteiger partial charge in [-0.25, -0.2) is 0 Å². The van der Waals surface area contributed by atoms with E-state index in [1.807, 2.05) is 25.1 Å². The smallest absolute Gasteiger partial charge is 0.248 e. The third kappa shape index (κ3) is 1.55. The van der Waals surface area contributed by atoms with Crippen molar-refractivity contribution in [2.24, 2.45) is 0 Å². The second-order valence-electron chi connectivity index (χ2n) is 2.73. The summed E-state index contributed by atoms with van der Waals surface area (Å²) in [4.78, 5) is 0. The molecule has 3 nitrogen and oxygen atoms in total. The number of nitrogens with zero attached hydrogens (tertiary/aromatic N) is 2. The molecule has 0 aliphatic heterocycles. The minimum absolute atomic E-state index is 0.453. The highest BCUT2D eigenvalue weighted by Gasteiger charge is 2.07. The first kappa shape index (κ1) is 8.26. The summed E-state index contributed by atoms with van der Waals surface area (Å²) < 4.78 is 5.05. The first-order chi connectivity index (χ1) is 6.27. The Morgan fingerprint density at radius 2 is 2.23 bits per heavy atom. The van der Waals surface area contributed by atoms with Gasteiger partial charge in [0, 0.05) is 0 Å². The third-order valence-corrected chi connectivity index (χ3v) is 2.04. The Hall–Kier alpha value is -1.35. The van der Waals surface area contributed by atoms with E-state index in [2.05, 4.69) is 10.2 Å². The van der Waals surface area contributed by atoms with Crippen LogP contribution in [-0.4, -0.2) is 10.2 Å². The molecule has 0 saturated heterocycles. The molecule has 66 valence electrons. The van der Waals surface area contributed by atoms with Crippen LogP contribution in [0.4, 0.5) is 0 Å². The molecule has 0 unspecified atom stereocenters. The molecule has 0 bridgehead atoms. The lowest BCUT2D eigenvalue weighted by Gasteiger charge is -1.99. The minimum Gasteiger partial charge on any atom is -0.423 e. The Balaban J connectivity index is 2.57. The van der Waals surface area contributed by atoms with Crippen LogP contribution in [0.15, 0.2) is 29.0 Å². The third-order valence-electron chi connectivity index (χ3n) is 1.71. The van der Waals surface area contributed by atoms with Crippen molar-refractivity contribution >= 4 is 11.6 Å². The summed E-state index contributed by atoms with van der Waals surface area (Å²) in [6.45, 7) is 1.98. The van der Waals surface area contributed by atoms with Crippen molar-refractivity contribution in [1.82, 2.24) is 10.2 Å². The molecular formula is C9H7ClN2O. The van der Waals surface area contributed by atoms with Crippen LogP contribution < -0.4 is 0 Å². The van der Waals surface area contributed by atoms with E-state index in [0.717, 1.165) is 11.1 Å². The first-order valence-electron chi connectivity index (χ1n) is 3.80. The van der Waals surface area contributed by atoms with Gasteiger partial charge < -0.3 is 4.42 Å². The summed E-state index contributed by atoms with van der Waals surface area (Å²) >= 11 is 5.96. The number of benzene rings is 1. The van der Waals surface area contributed by atoms with Crippen LogP contribution in [0.1, 0.15) is 5.56 Å². The predicted octanol–water partition coefficient (Wildman–Crippen LogP) is 2.70. The van der Waals surface area contributed by atoms with Crippen molar-refractivity contribution in [2.75, 3.05) is 0 Å². The zero-order chi connectivity index (χ0) is 9.26. The van der Waals surface area contributed by atoms with Crippen LogP contribution in [0.25, 0.3) is 11.5 Å². The fourth-order valence-electron chi connectivity index (χ4n) is 1.09. The summed E-state index contributed by atoms with van der Waals surface area (Å²) in [6.07, 6.45) is 1.29. The van der Waals surface area contributed by atoms with Gasteiger partial charge >= 0.3 is 0 Å². The van der Waals surface area contributed by atoms with Crippen molar-refractivity contribution < 1.29 is 4.42 Å². The summed E-state index contributed by atoms with van der Waals surface area (Å²) in [7, 11) is 0. The van der Waals surface area contributed by atoms with Gasteiger partial charge in [-0.3, -0.25) is 0 Å². The molecule has 0 radical (unpaired) electrons. The van der Waals surface area contributed by atoms with Crippen molar-refractivity contribution in [3.63, 3.8) is 0 Å². The molecule has 1 aromatic carbocycles. The maximum atomic E-state index is 5.96. The highest BCUT2D eigenvalue weighted by Crippen LogP contribution is 2.26. The average Bonchev–Trinajstić information content (AvgIpc) is 2.61. The van der Waals surface area contributed by atoms with Gasteiger partial charge in [-0.05, 0) is 19.1 Å². The van der Waals surface area contributed by atoms with E-state index < -0.39 is 0 Å². The summed E-state index contributed by atoms with van der Waals surface area (Å²) in [5, 5.41) is 8.00. The normalized spacial score (nSPS) is 10.3. The van der Waals surface area contributed by atoms with E-state index in [1.54, 1.807) is 0 Å². The van der Waals surface area contributed by atoms with E-state index in [0.29, 0.717) is 10.9 Å². The Kier molecular flexibility index (Phi) is 2.02. The Bertz CT molecular complexity index is 412. The van der Waals surface area contributed by atoms with Gasteiger partial charge in [0.05, 0.1) is 10.6 Å². The Morgan fingerprint density at radius 3 is 2.92 bits per heavy atom. The maximum Gasteiger partial charge on any atom is 0.248 e. The highest BCUT2D eigenvalue weighted by atomic mass is 35.5. The fourth-order valence-corrected chi connectivity index (χ4v) is 1.29. The van der Waals surface area contributed by atoms with Crippen LogP contribution in [0, 0.1) is 6.92 Å². The number of hydrogen-bond acceptors (Lipinski definition) is 3. The van der Waals surface area contributed by atoms with E-state index in [-0.39, 0.29) is 0 Å². The minimum atomic E-state index is 0.453. The van der Waals surface area contributed by atoms with Crippen molar-refractivity contribution in [1.29, 1.82) is 0 Å². The van der Waals surface area contributed by atoms with Gasteiger partial charge in [-0.2, -0.15) is 0 Å². The number of hydrogen-bond donors (Lipinski definition) is 0. The number of aryl methyl sites for hydroxylation is 1. The maximum absolute atomic E-state index is 5.96.